The molecule has 0 bridgehead atoms. The molecule has 0 aliphatic carbocycles. The fraction of sp³-hybridized carbons (Fsp3) is 0. The lowest BCUT2D eigenvalue weighted by Crippen LogP contribution is -2.04. The first kappa shape index (κ1) is 12.3. The van der Waals surface area contributed by atoms with E-state index in [1.54, 1.807) is 41.3 Å². The van der Waals surface area contributed by atoms with Gasteiger partial charge >= 0.3 is 0 Å². The highest BCUT2D eigenvalue weighted by Gasteiger charge is 2.13. The molecule has 0 aliphatic heterocycles. The van der Waals surface area contributed by atoms with Crippen molar-refractivity contribution in [1.29, 1.82) is 5.26 Å². The maximum atomic E-state index is 9.03. The summed E-state index contributed by atoms with van der Waals surface area (Å²) in [7, 11) is 0. The van der Waals surface area contributed by atoms with Crippen molar-refractivity contribution in [3.8, 4) is 23.3 Å². The van der Waals surface area contributed by atoms with Crippen molar-refractivity contribution in [2.75, 3.05) is 0 Å². The summed E-state index contributed by atoms with van der Waals surface area (Å²) in [5.41, 5.74) is 1.93. The lowest BCUT2D eigenvalue weighted by atomic mass is 10.1. The highest BCUT2D eigenvalue weighted by molar-refractivity contribution is 6.30. The van der Waals surface area contributed by atoms with Crippen LogP contribution in [0.5, 0.6) is 0 Å². The van der Waals surface area contributed by atoms with Crippen LogP contribution in [0.1, 0.15) is 5.69 Å². The minimum absolute atomic E-state index is 0.308. The second kappa shape index (κ2) is 5.11. The fourth-order valence-corrected chi connectivity index (χ4v) is 1.94. The van der Waals surface area contributed by atoms with Gasteiger partial charge in [0.25, 0.3) is 5.95 Å². The molecule has 0 spiro atoms. The molecule has 0 saturated heterocycles. The smallest absolute Gasteiger partial charge is 0.220 e. The van der Waals surface area contributed by atoms with E-state index in [1.165, 1.54) is 0 Å². The van der Waals surface area contributed by atoms with E-state index < -0.39 is 0 Å². The third-order valence-electron chi connectivity index (χ3n) is 2.71. The van der Waals surface area contributed by atoms with Gasteiger partial charge in [-0.1, -0.05) is 23.7 Å². The summed E-state index contributed by atoms with van der Waals surface area (Å²) in [5, 5.41) is 13.9. The quantitative estimate of drug-likeness (QED) is 0.724. The average molecular weight is 282 g/mol. The van der Waals surface area contributed by atoms with Gasteiger partial charge in [-0.3, -0.25) is 0 Å². The number of nitriles is 1. The topological polar surface area (TPSA) is 67.4 Å². The van der Waals surface area contributed by atoms with Gasteiger partial charge in [0.05, 0.1) is 5.69 Å². The van der Waals surface area contributed by atoms with Crippen LogP contribution in [0.3, 0.4) is 0 Å². The number of hydrogen-bond acceptors (Lipinski definition) is 4. The molecule has 0 aliphatic rings. The van der Waals surface area contributed by atoms with Crippen LogP contribution in [0.2, 0.25) is 5.02 Å². The van der Waals surface area contributed by atoms with Gasteiger partial charge in [-0.05, 0) is 18.2 Å². The first-order valence-electron chi connectivity index (χ1n) is 5.81. The van der Waals surface area contributed by atoms with Crippen LogP contribution in [0, 0.1) is 11.3 Å². The Morgan fingerprint density at radius 3 is 2.45 bits per heavy atom. The van der Waals surface area contributed by atoms with Gasteiger partial charge in [-0.25, -0.2) is 9.97 Å². The predicted molar refractivity (Wildman–Crippen MR) is 74.3 cm³/mol. The molecule has 2 aromatic heterocycles. The summed E-state index contributed by atoms with van der Waals surface area (Å²) in [6.07, 6.45) is 3.25. The first-order valence-corrected chi connectivity index (χ1v) is 6.19. The fourth-order valence-electron chi connectivity index (χ4n) is 1.82. The summed E-state index contributed by atoms with van der Waals surface area (Å²) in [6.45, 7) is 0. The standard InChI is InChI=1S/C14H8ClN5/c15-11-4-2-10(3-5-11)13-8-12(9-16)19-20(13)14-17-6-1-7-18-14/h1-8H. The third-order valence-corrected chi connectivity index (χ3v) is 2.96. The van der Waals surface area contributed by atoms with Crippen LogP contribution in [-0.4, -0.2) is 19.7 Å². The Labute approximate surface area is 120 Å². The Balaban J connectivity index is 2.18. The SMILES string of the molecule is N#Cc1cc(-c2ccc(Cl)cc2)n(-c2ncccn2)n1. The van der Waals surface area contributed by atoms with Crippen molar-refractivity contribution in [2.45, 2.75) is 0 Å². The number of hydrogen-bond donors (Lipinski definition) is 0. The molecule has 0 unspecified atom stereocenters. The Morgan fingerprint density at radius 1 is 1.10 bits per heavy atom. The third kappa shape index (κ3) is 2.25. The molecule has 5 nitrogen and oxygen atoms in total. The van der Waals surface area contributed by atoms with E-state index in [0.717, 1.165) is 11.3 Å². The van der Waals surface area contributed by atoms with Crippen LogP contribution < -0.4 is 0 Å². The van der Waals surface area contributed by atoms with Crippen LogP contribution in [0.15, 0.2) is 48.8 Å². The molecule has 96 valence electrons. The summed E-state index contributed by atoms with van der Waals surface area (Å²) in [5.74, 6) is 0.416. The predicted octanol–water partition coefficient (Wildman–Crippen LogP) is 2.85. The Kier molecular flexibility index (Phi) is 3.15. The van der Waals surface area contributed by atoms with Crippen LogP contribution in [0.4, 0.5) is 0 Å². The highest BCUT2D eigenvalue weighted by atomic mass is 35.5. The molecular weight excluding hydrogens is 274 g/mol. The second-order valence-electron chi connectivity index (χ2n) is 3.99. The van der Waals surface area contributed by atoms with Crippen molar-refractivity contribution in [3.63, 3.8) is 0 Å². The van der Waals surface area contributed by atoms with Gasteiger partial charge in [0.1, 0.15) is 6.07 Å². The summed E-state index contributed by atoms with van der Waals surface area (Å²) in [4.78, 5) is 8.31. The number of benzene rings is 1. The summed E-state index contributed by atoms with van der Waals surface area (Å²) >= 11 is 5.89. The van der Waals surface area contributed by atoms with Crippen molar-refractivity contribution < 1.29 is 0 Å². The number of halogens is 1. The normalized spacial score (nSPS) is 10.2. The highest BCUT2D eigenvalue weighted by Crippen LogP contribution is 2.24. The number of nitrogens with zero attached hydrogens (tertiary/aromatic N) is 5. The molecule has 6 heteroatoms. The van der Waals surface area contributed by atoms with E-state index in [0.29, 0.717) is 16.7 Å². The van der Waals surface area contributed by atoms with Gasteiger partial charge in [-0.15, -0.1) is 0 Å². The lowest BCUT2D eigenvalue weighted by Gasteiger charge is -2.05. The van der Waals surface area contributed by atoms with Crippen molar-refractivity contribution >= 4 is 11.6 Å². The minimum Gasteiger partial charge on any atom is -0.220 e. The zero-order valence-corrected chi connectivity index (χ0v) is 11.0. The van der Waals surface area contributed by atoms with Crippen molar-refractivity contribution in [1.82, 2.24) is 19.7 Å². The molecule has 3 rings (SSSR count). The number of rotatable bonds is 2. The van der Waals surface area contributed by atoms with E-state index in [1.807, 2.05) is 18.2 Å². The van der Waals surface area contributed by atoms with Gasteiger partial charge in [0.2, 0.25) is 0 Å². The molecule has 1 aromatic carbocycles. The molecular formula is C14H8ClN5. The van der Waals surface area contributed by atoms with Crippen LogP contribution >= 0.6 is 11.6 Å². The van der Waals surface area contributed by atoms with Crippen LogP contribution in [-0.2, 0) is 0 Å². The zero-order chi connectivity index (χ0) is 13.9. The molecule has 0 saturated carbocycles. The second-order valence-corrected chi connectivity index (χ2v) is 4.43. The van der Waals surface area contributed by atoms with E-state index in [-0.39, 0.29) is 0 Å². The molecule has 0 atom stereocenters. The minimum atomic E-state index is 0.308. The van der Waals surface area contributed by atoms with E-state index in [4.69, 9.17) is 16.9 Å². The molecule has 20 heavy (non-hydrogen) atoms. The molecule has 0 radical (unpaired) electrons. The first-order chi connectivity index (χ1) is 9.78. The van der Waals surface area contributed by atoms with E-state index in [9.17, 15) is 0 Å². The Bertz CT molecular complexity index is 772. The Hall–Kier alpha value is -2.71. The monoisotopic (exact) mass is 281 g/mol. The summed E-state index contributed by atoms with van der Waals surface area (Å²) in [6, 6.07) is 12.7. The Morgan fingerprint density at radius 2 is 1.80 bits per heavy atom. The van der Waals surface area contributed by atoms with Crippen molar-refractivity contribution in [2.24, 2.45) is 0 Å². The van der Waals surface area contributed by atoms with Gasteiger partial charge < -0.3 is 0 Å². The molecule has 3 aromatic rings. The van der Waals surface area contributed by atoms with Gasteiger partial charge in [0.15, 0.2) is 5.69 Å². The maximum absolute atomic E-state index is 9.03. The van der Waals surface area contributed by atoms with Gasteiger partial charge in [-0.2, -0.15) is 15.0 Å². The molecule has 0 fully saturated rings. The number of aromatic nitrogens is 4. The lowest BCUT2D eigenvalue weighted by molar-refractivity contribution is 0.810. The van der Waals surface area contributed by atoms with Crippen LogP contribution in [0.25, 0.3) is 17.2 Å². The molecule has 0 N–H and O–H groups in total. The largest absolute Gasteiger partial charge is 0.251 e. The molecule has 2 heterocycles. The average Bonchev–Trinajstić information content (AvgIpc) is 2.93. The zero-order valence-electron chi connectivity index (χ0n) is 10.2. The van der Waals surface area contributed by atoms with Crippen molar-refractivity contribution in [3.05, 3.63) is 59.5 Å². The van der Waals surface area contributed by atoms with E-state index in [2.05, 4.69) is 15.1 Å². The maximum Gasteiger partial charge on any atom is 0.251 e. The summed E-state index contributed by atoms with van der Waals surface area (Å²) < 4.78 is 1.54. The van der Waals surface area contributed by atoms with Gasteiger partial charge in [0, 0.05) is 29.0 Å². The molecule has 0 amide bonds. The van der Waals surface area contributed by atoms with E-state index >= 15 is 0 Å².